The molecular weight excluding hydrogens is 372 g/mol. The molecule has 1 N–H and O–H groups in total. The van der Waals surface area contributed by atoms with Gasteiger partial charge in [0.15, 0.2) is 11.6 Å². The average Bonchev–Trinajstić information content (AvgIpc) is 2.73. The third kappa shape index (κ3) is 5.37. The maximum atomic E-state index is 13.6. The second-order valence-corrected chi connectivity index (χ2v) is 7.26. The van der Waals surface area contributed by atoms with Gasteiger partial charge in [-0.3, -0.25) is 9.59 Å². The smallest absolute Gasteiger partial charge is 0.228 e. The molecule has 0 heterocycles. The van der Waals surface area contributed by atoms with Crippen molar-refractivity contribution in [1.29, 1.82) is 0 Å². The van der Waals surface area contributed by atoms with Gasteiger partial charge in [-0.2, -0.15) is 0 Å². The molecule has 0 bridgehead atoms. The second-order valence-electron chi connectivity index (χ2n) is 7.26. The Balaban J connectivity index is 2.49. The Hall–Kier alpha value is -2.82. The van der Waals surface area contributed by atoms with Gasteiger partial charge in [0.2, 0.25) is 5.91 Å². The fraction of sp³-hybridized carbons (Fsp3) is 0.333. The topological polar surface area (TPSA) is 46.2 Å². The number of rotatable bonds is 9. The maximum absolute atomic E-state index is 13.6. The SMILES string of the molecule is C=C(C(C)CC)C(C(=O)NC)C(C(=O)Cc1ccc(F)c(F)c1)c1ccccc1. The summed E-state index contributed by atoms with van der Waals surface area (Å²) in [6, 6.07) is 12.5. The summed E-state index contributed by atoms with van der Waals surface area (Å²) in [5.74, 6) is -3.99. The molecule has 2 aromatic carbocycles. The number of amides is 1. The van der Waals surface area contributed by atoms with Crippen LogP contribution in [0, 0.1) is 23.5 Å². The molecular formula is C24H27F2NO2. The molecule has 1 amide bonds. The first-order valence-corrected chi connectivity index (χ1v) is 9.72. The first-order valence-electron chi connectivity index (χ1n) is 9.72. The van der Waals surface area contributed by atoms with Crippen LogP contribution in [-0.2, 0) is 16.0 Å². The lowest BCUT2D eigenvalue weighted by Gasteiger charge is -2.30. The Labute approximate surface area is 170 Å². The molecule has 0 aliphatic rings. The van der Waals surface area contributed by atoms with Crippen LogP contribution in [0.1, 0.15) is 37.3 Å². The highest BCUT2D eigenvalue weighted by molar-refractivity contribution is 5.95. The van der Waals surface area contributed by atoms with Crippen LogP contribution < -0.4 is 5.32 Å². The van der Waals surface area contributed by atoms with E-state index in [-0.39, 0.29) is 24.0 Å². The normalized spacial score (nSPS) is 14.0. The van der Waals surface area contributed by atoms with E-state index in [4.69, 9.17) is 0 Å². The Morgan fingerprint density at radius 2 is 1.72 bits per heavy atom. The van der Waals surface area contributed by atoms with Crippen LogP contribution in [0.5, 0.6) is 0 Å². The van der Waals surface area contributed by atoms with Crippen molar-refractivity contribution in [2.24, 2.45) is 11.8 Å². The molecule has 0 spiro atoms. The molecule has 0 saturated heterocycles. The van der Waals surface area contributed by atoms with Crippen LogP contribution in [0.2, 0.25) is 0 Å². The lowest BCUT2D eigenvalue weighted by molar-refractivity contribution is -0.129. The van der Waals surface area contributed by atoms with Gasteiger partial charge < -0.3 is 5.32 Å². The minimum atomic E-state index is -1.00. The van der Waals surface area contributed by atoms with Crippen LogP contribution in [0.25, 0.3) is 0 Å². The van der Waals surface area contributed by atoms with Crippen LogP contribution in [0.3, 0.4) is 0 Å². The maximum Gasteiger partial charge on any atom is 0.228 e. The average molecular weight is 399 g/mol. The molecule has 29 heavy (non-hydrogen) atoms. The number of ketones is 1. The third-order valence-electron chi connectivity index (χ3n) is 5.37. The number of nitrogens with one attached hydrogen (secondary N) is 1. The number of halogens is 2. The van der Waals surface area contributed by atoms with Gasteiger partial charge >= 0.3 is 0 Å². The number of carbonyl (C=O) groups is 2. The molecule has 0 aromatic heterocycles. The van der Waals surface area contributed by atoms with Gasteiger partial charge in [0.1, 0.15) is 5.78 Å². The highest BCUT2D eigenvalue weighted by Gasteiger charge is 2.37. The number of Topliss-reactive ketones (excluding diaryl/α,β-unsaturated/α-hetero) is 1. The monoisotopic (exact) mass is 399 g/mol. The van der Waals surface area contributed by atoms with Crippen molar-refractivity contribution in [2.75, 3.05) is 7.05 Å². The van der Waals surface area contributed by atoms with E-state index in [0.717, 1.165) is 18.6 Å². The van der Waals surface area contributed by atoms with Gasteiger partial charge in [0.25, 0.3) is 0 Å². The predicted molar refractivity (Wildman–Crippen MR) is 110 cm³/mol. The van der Waals surface area contributed by atoms with E-state index >= 15 is 0 Å². The molecule has 154 valence electrons. The van der Waals surface area contributed by atoms with E-state index in [1.54, 1.807) is 24.3 Å². The van der Waals surface area contributed by atoms with Crippen molar-refractivity contribution in [2.45, 2.75) is 32.6 Å². The van der Waals surface area contributed by atoms with Crippen molar-refractivity contribution in [1.82, 2.24) is 5.32 Å². The van der Waals surface area contributed by atoms with Crippen molar-refractivity contribution >= 4 is 11.7 Å². The Morgan fingerprint density at radius 1 is 1.07 bits per heavy atom. The molecule has 3 unspecified atom stereocenters. The molecule has 2 rings (SSSR count). The Bertz CT molecular complexity index is 880. The summed E-state index contributed by atoms with van der Waals surface area (Å²) in [5.41, 5.74) is 1.73. The number of benzene rings is 2. The van der Waals surface area contributed by atoms with Crippen molar-refractivity contribution in [3.05, 3.63) is 83.4 Å². The summed E-state index contributed by atoms with van der Waals surface area (Å²) in [7, 11) is 1.53. The van der Waals surface area contributed by atoms with E-state index in [2.05, 4.69) is 11.9 Å². The largest absolute Gasteiger partial charge is 0.359 e. The minimum absolute atomic E-state index is 0.0413. The fourth-order valence-corrected chi connectivity index (χ4v) is 3.44. The van der Waals surface area contributed by atoms with E-state index in [1.807, 2.05) is 19.9 Å². The van der Waals surface area contributed by atoms with Crippen LogP contribution in [0.15, 0.2) is 60.7 Å². The minimum Gasteiger partial charge on any atom is -0.359 e. The molecule has 0 radical (unpaired) electrons. The molecule has 2 aromatic rings. The number of carbonyl (C=O) groups excluding carboxylic acids is 2. The van der Waals surface area contributed by atoms with Gasteiger partial charge in [0, 0.05) is 13.5 Å². The van der Waals surface area contributed by atoms with E-state index in [1.165, 1.54) is 13.1 Å². The summed E-state index contributed by atoms with van der Waals surface area (Å²) >= 11 is 0. The molecule has 0 saturated carbocycles. The van der Waals surface area contributed by atoms with Gasteiger partial charge in [-0.05, 0) is 35.6 Å². The highest BCUT2D eigenvalue weighted by atomic mass is 19.2. The Morgan fingerprint density at radius 3 is 2.28 bits per heavy atom. The molecule has 0 fully saturated rings. The van der Waals surface area contributed by atoms with Crippen LogP contribution in [0.4, 0.5) is 8.78 Å². The first kappa shape index (κ1) is 22.5. The predicted octanol–water partition coefficient (Wildman–Crippen LogP) is 4.82. The first-order chi connectivity index (χ1) is 13.8. The van der Waals surface area contributed by atoms with Gasteiger partial charge in [-0.25, -0.2) is 8.78 Å². The molecule has 0 aliphatic carbocycles. The van der Waals surface area contributed by atoms with E-state index in [0.29, 0.717) is 16.7 Å². The van der Waals surface area contributed by atoms with Gasteiger partial charge in [0.05, 0.1) is 11.8 Å². The van der Waals surface area contributed by atoms with Crippen molar-refractivity contribution in [3.63, 3.8) is 0 Å². The lowest BCUT2D eigenvalue weighted by atomic mass is 9.73. The Kier molecular flexibility index (Phi) is 7.82. The number of hydrogen-bond donors (Lipinski definition) is 1. The second kappa shape index (κ2) is 10.1. The van der Waals surface area contributed by atoms with Crippen molar-refractivity contribution in [3.8, 4) is 0 Å². The van der Waals surface area contributed by atoms with Crippen LogP contribution in [-0.4, -0.2) is 18.7 Å². The molecule has 3 nitrogen and oxygen atoms in total. The quantitative estimate of drug-likeness (QED) is 0.614. The van der Waals surface area contributed by atoms with E-state index in [9.17, 15) is 18.4 Å². The summed E-state index contributed by atoms with van der Waals surface area (Å²) < 4.78 is 26.9. The van der Waals surface area contributed by atoms with Gasteiger partial charge in [-0.1, -0.05) is 62.4 Å². The fourth-order valence-electron chi connectivity index (χ4n) is 3.44. The summed E-state index contributed by atoms with van der Waals surface area (Å²) in [4.78, 5) is 26.2. The highest BCUT2D eigenvalue weighted by Crippen LogP contribution is 2.36. The zero-order valence-electron chi connectivity index (χ0n) is 17.0. The number of hydrogen-bond acceptors (Lipinski definition) is 2. The molecule has 3 atom stereocenters. The summed E-state index contributed by atoms with van der Waals surface area (Å²) in [6.45, 7) is 8.10. The van der Waals surface area contributed by atoms with E-state index < -0.39 is 23.5 Å². The summed E-state index contributed by atoms with van der Waals surface area (Å²) in [6.07, 6.45) is 0.670. The lowest BCUT2D eigenvalue weighted by Crippen LogP contribution is -2.38. The van der Waals surface area contributed by atoms with Gasteiger partial charge in [-0.15, -0.1) is 0 Å². The third-order valence-corrected chi connectivity index (χ3v) is 5.37. The summed E-state index contributed by atoms with van der Waals surface area (Å²) in [5, 5.41) is 2.65. The zero-order valence-corrected chi connectivity index (χ0v) is 17.0. The standard InChI is InChI=1S/C24H27F2NO2/c1-5-15(2)16(3)22(24(29)27-4)23(18-9-7-6-8-10-18)21(28)14-17-11-12-19(25)20(26)13-17/h6-13,15,22-23H,3,5,14H2,1-2,4H3,(H,27,29). The van der Waals surface area contributed by atoms with Crippen molar-refractivity contribution < 1.29 is 18.4 Å². The van der Waals surface area contributed by atoms with Crippen LogP contribution >= 0.6 is 0 Å². The zero-order chi connectivity index (χ0) is 21.6. The molecule has 5 heteroatoms. The molecule has 0 aliphatic heterocycles.